The molecule has 0 bridgehead atoms. The molecule has 2 aromatic carbocycles. The van der Waals surface area contributed by atoms with Crippen LogP contribution in [0.25, 0.3) is 0 Å². The summed E-state index contributed by atoms with van der Waals surface area (Å²) in [5.41, 5.74) is -0.769. The summed E-state index contributed by atoms with van der Waals surface area (Å²) >= 11 is 0. The van der Waals surface area contributed by atoms with Crippen LogP contribution in [0.2, 0.25) is 0 Å². The summed E-state index contributed by atoms with van der Waals surface area (Å²) in [6.07, 6.45) is 5.47. The number of rotatable bonds is 6. The van der Waals surface area contributed by atoms with Crippen molar-refractivity contribution < 1.29 is 13.6 Å². The van der Waals surface area contributed by atoms with Crippen LogP contribution in [0.5, 0.6) is 11.5 Å². The summed E-state index contributed by atoms with van der Waals surface area (Å²) in [7, 11) is -1.65. The molecular weight excluding hydrogens is 283 g/mol. The molecular formula is C17H17O3P. The highest BCUT2D eigenvalue weighted by Gasteiger charge is 2.27. The Morgan fingerprint density at radius 3 is 1.67 bits per heavy atom. The molecule has 0 aliphatic rings. The van der Waals surface area contributed by atoms with E-state index in [1.165, 1.54) is 0 Å². The fraction of sp³-hybridized carbons (Fsp3) is 0.176. The van der Waals surface area contributed by atoms with E-state index in [0.29, 0.717) is 11.5 Å². The zero-order valence-corrected chi connectivity index (χ0v) is 12.9. The lowest BCUT2D eigenvalue weighted by Gasteiger charge is -2.24. The van der Waals surface area contributed by atoms with Crippen molar-refractivity contribution in [3.63, 3.8) is 0 Å². The second-order valence-electron chi connectivity index (χ2n) is 4.78. The molecule has 0 N–H and O–H groups in total. The second-order valence-corrected chi connectivity index (χ2v) is 5.77. The molecule has 0 spiro atoms. The maximum absolute atomic E-state index is 5.78. The van der Waals surface area contributed by atoms with Crippen molar-refractivity contribution in [2.45, 2.75) is 19.4 Å². The van der Waals surface area contributed by atoms with Gasteiger partial charge in [-0.3, -0.25) is 4.52 Å². The third-order valence-electron chi connectivity index (χ3n) is 2.50. The van der Waals surface area contributed by atoms with E-state index in [-0.39, 0.29) is 0 Å². The maximum Gasteiger partial charge on any atom is 0.464 e. The molecule has 108 valence electrons. The molecule has 0 aromatic heterocycles. The van der Waals surface area contributed by atoms with Crippen LogP contribution in [0.15, 0.2) is 60.7 Å². The van der Waals surface area contributed by atoms with Crippen LogP contribution >= 0.6 is 8.60 Å². The molecule has 0 unspecified atom stereocenters. The first-order valence-electron chi connectivity index (χ1n) is 6.52. The van der Waals surface area contributed by atoms with Gasteiger partial charge in [0.1, 0.15) is 17.1 Å². The Kier molecular flexibility index (Phi) is 5.22. The predicted octanol–water partition coefficient (Wildman–Crippen LogP) is 4.80. The van der Waals surface area contributed by atoms with Gasteiger partial charge in [-0.15, -0.1) is 6.42 Å². The van der Waals surface area contributed by atoms with Crippen molar-refractivity contribution in [3.8, 4) is 23.8 Å². The van der Waals surface area contributed by atoms with Crippen LogP contribution in [-0.4, -0.2) is 5.60 Å². The quantitative estimate of drug-likeness (QED) is 0.566. The van der Waals surface area contributed by atoms with Gasteiger partial charge in [-0.05, 0) is 38.1 Å². The number of terminal acetylenes is 1. The first-order valence-corrected chi connectivity index (χ1v) is 7.62. The summed E-state index contributed by atoms with van der Waals surface area (Å²) in [5.74, 6) is 3.92. The van der Waals surface area contributed by atoms with E-state index in [1.54, 1.807) is 13.8 Å². The summed E-state index contributed by atoms with van der Waals surface area (Å²) < 4.78 is 17.3. The zero-order valence-electron chi connectivity index (χ0n) is 12.0. The van der Waals surface area contributed by atoms with Crippen molar-refractivity contribution in [1.82, 2.24) is 0 Å². The molecule has 2 rings (SSSR count). The van der Waals surface area contributed by atoms with Crippen LogP contribution in [0, 0.1) is 12.3 Å². The number of hydrogen-bond acceptors (Lipinski definition) is 3. The first-order chi connectivity index (χ1) is 10.1. The minimum absolute atomic E-state index is 0.673. The molecule has 0 aliphatic heterocycles. The smallest absolute Gasteiger partial charge is 0.418 e. The standard InChI is InChI=1S/C17H17O3P/c1-4-17(2,3)20-21(18-15-11-7-5-8-12-15)19-16-13-9-6-10-14-16/h1,5-14H,2-3H3. The molecule has 0 amide bonds. The van der Waals surface area contributed by atoms with Crippen LogP contribution in [-0.2, 0) is 4.52 Å². The van der Waals surface area contributed by atoms with Crippen molar-refractivity contribution in [2.75, 3.05) is 0 Å². The molecule has 0 saturated carbocycles. The Morgan fingerprint density at radius 2 is 1.29 bits per heavy atom. The number of benzene rings is 2. The van der Waals surface area contributed by atoms with Gasteiger partial charge in [0.25, 0.3) is 0 Å². The average molecular weight is 300 g/mol. The van der Waals surface area contributed by atoms with Gasteiger partial charge < -0.3 is 9.05 Å². The van der Waals surface area contributed by atoms with Crippen LogP contribution in [0.1, 0.15) is 13.8 Å². The summed E-state index contributed by atoms with van der Waals surface area (Å²) in [5, 5.41) is 0. The normalized spacial score (nSPS) is 11.0. The molecule has 4 heteroatoms. The fourth-order valence-electron chi connectivity index (χ4n) is 1.40. The van der Waals surface area contributed by atoms with E-state index in [4.69, 9.17) is 20.0 Å². The predicted molar refractivity (Wildman–Crippen MR) is 85.1 cm³/mol. The Hall–Kier alpha value is -2.01. The van der Waals surface area contributed by atoms with Crippen molar-refractivity contribution in [3.05, 3.63) is 60.7 Å². The molecule has 0 aliphatic carbocycles. The largest absolute Gasteiger partial charge is 0.464 e. The summed E-state index contributed by atoms with van der Waals surface area (Å²) in [6.45, 7) is 3.59. The molecule has 3 nitrogen and oxygen atoms in total. The molecule has 21 heavy (non-hydrogen) atoms. The molecule has 0 saturated heterocycles. The molecule has 0 radical (unpaired) electrons. The van der Waals surface area contributed by atoms with E-state index >= 15 is 0 Å². The highest BCUT2D eigenvalue weighted by molar-refractivity contribution is 7.42. The van der Waals surface area contributed by atoms with Crippen molar-refractivity contribution in [2.24, 2.45) is 0 Å². The van der Waals surface area contributed by atoms with Gasteiger partial charge in [0, 0.05) is 0 Å². The lowest BCUT2D eigenvalue weighted by molar-refractivity contribution is 0.151. The van der Waals surface area contributed by atoms with Gasteiger partial charge in [0.2, 0.25) is 0 Å². The maximum atomic E-state index is 5.78. The number of para-hydroxylation sites is 2. The van der Waals surface area contributed by atoms with Gasteiger partial charge >= 0.3 is 8.60 Å². The SMILES string of the molecule is C#CC(C)(C)OP(Oc1ccccc1)Oc1ccccc1. The van der Waals surface area contributed by atoms with Crippen LogP contribution in [0.4, 0.5) is 0 Å². The fourth-order valence-corrected chi connectivity index (χ4v) is 2.53. The molecule has 0 fully saturated rings. The Labute approximate surface area is 126 Å². The van der Waals surface area contributed by atoms with E-state index in [9.17, 15) is 0 Å². The van der Waals surface area contributed by atoms with E-state index in [1.807, 2.05) is 60.7 Å². The average Bonchev–Trinajstić information content (AvgIpc) is 2.49. The minimum atomic E-state index is -1.65. The van der Waals surface area contributed by atoms with E-state index < -0.39 is 14.2 Å². The number of hydrogen-bond donors (Lipinski definition) is 0. The molecule has 0 heterocycles. The molecule has 2 aromatic rings. The second kappa shape index (κ2) is 7.13. The lowest BCUT2D eigenvalue weighted by Crippen LogP contribution is -2.21. The highest BCUT2D eigenvalue weighted by Crippen LogP contribution is 2.44. The summed E-state index contributed by atoms with van der Waals surface area (Å²) in [4.78, 5) is 0. The van der Waals surface area contributed by atoms with Gasteiger partial charge in [-0.1, -0.05) is 42.3 Å². The molecule has 0 atom stereocenters. The zero-order chi connectivity index (χ0) is 15.1. The van der Waals surface area contributed by atoms with Crippen molar-refractivity contribution >= 4 is 8.60 Å². The topological polar surface area (TPSA) is 27.7 Å². The van der Waals surface area contributed by atoms with Gasteiger partial charge in [0.15, 0.2) is 0 Å². The monoisotopic (exact) mass is 300 g/mol. The summed E-state index contributed by atoms with van der Waals surface area (Å²) in [6, 6.07) is 18.8. The lowest BCUT2D eigenvalue weighted by atomic mass is 10.2. The Bertz CT molecular complexity index is 549. The third-order valence-corrected chi connectivity index (χ3v) is 3.82. The van der Waals surface area contributed by atoms with Crippen LogP contribution < -0.4 is 9.05 Å². The minimum Gasteiger partial charge on any atom is -0.418 e. The van der Waals surface area contributed by atoms with E-state index in [0.717, 1.165) is 0 Å². The Morgan fingerprint density at radius 1 is 0.857 bits per heavy atom. The van der Waals surface area contributed by atoms with Crippen LogP contribution in [0.3, 0.4) is 0 Å². The van der Waals surface area contributed by atoms with Gasteiger partial charge in [-0.2, -0.15) is 0 Å². The van der Waals surface area contributed by atoms with Gasteiger partial charge in [0.05, 0.1) is 0 Å². The Balaban J connectivity index is 2.12. The third kappa shape index (κ3) is 5.11. The van der Waals surface area contributed by atoms with Crippen molar-refractivity contribution in [1.29, 1.82) is 0 Å². The van der Waals surface area contributed by atoms with E-state index in [2.05, 4.69) is 5.92 Å². The highest BCUT2D eigenvalue weighted by atomic mass is 31.2. The first kappa shape index (κ1) is 15.4. The van der Waals surface area contributed by atoms with Gasteiger partial charge in [-0.25, -0.2) is 0 Å².